The first kappa shape index (κ1) is 19.9. The summed E-state index contributed by atoms with van der Waals surface area (Å²) in [4.78, 5) is 15.7. The van der Waals surface area contributed by atoms with Crippen molar-refractivity contribution in [1.82, 2.24) is 4.68 Å². The van der Waals surface area contributed by atoms with Crippen LogP contribution < -0.4 is 5.56 Å². The second-order valence-electron chi connectivity index (χ2n) is 6.90. The Balaban J connectivity index is 2.21. The van der Waals surface area contributed by atoms with Crippen LogP contribution in [0.15, 0.2) is 46.3 Å². The van der Waals surface area contributed by atoms with Crippen LogP contribution in [0, 0.1) is 12.5 Å². The predicted molar refractivity (Wildman–Crippen MR) is 102 cm³/mol. The highest BCUT2D eigenvalue weighted by Crippen LogP contribution is 2.37. The first-order chi connectivity index (χ1) is 13.3. The van der Waals surface area contributed by atoms with Crippen LogP contribution in [0.2, 0.25) is 0 Å². The summed E-state index contributed by atoms with van der Waals surface area (Å²) < 4.78 is 41.3. The minimum atomic E-state index is -4.80. The average Bonchev–Trinajstić information content (AvgIpc) is 2.69. The SMILES string of the molecule is [C-]#[N+]c1c(C(F)(F)F)cc(-c2ccccc2)n(N=C2CCC(CC)CC2)c1=O. The van der Waals surface area contributed by atoms with E-state index in [-0.39, 0.29) is 5.69 Å². The molecular formula is C21H20F3N3O. The summed E-state index contributed by atoms with van der Waals surface area (Å²) in [7, 11) is 0. The van der Waals surface area contributed by atoms with E-state index in [1.54, 1.807) is 30.3 Å². The summed E-state index contributed by atoms with van der Waals surface area (Å²) in [5.74, 6) is 0.607. The minimum absolute atomic E-state index is 0.0374. The fraction of sp³-hybridized carbons (Fsp3) is 0.381. The van der Waals surface area contributed by atoms with Crippen molar-refractivity contribution in [2.75, 3.05) is 0 Å². The monoisotopic (exact) mass is 387 g/mol. The molecule has 1 heterocycles. The molecule has 0 unspecified atom stereocenters. The molecule has 0 bridgehead atoms. The number of halogens is 3. The predicted octanol–water partition coefficient (Wildman–Crippen LogP) is 5.89. The number of benzene rings is 1. The van der Waals surface area contributed by atoms with Gasteiger partial charge in [-0.3, -0.25) is 4.79 Å². The van der Waals surface area contributed by atoms with E-state index in [9.17, 15) is 18.0 Å². The fourth-order valence-corrected chi connectivity index (χ4v) is 3.49. The summed E-state index contributed by atoms with van der Waals surface area (Å²) in [6.45, 7) is 9.24. The summed E-state index contributed by atoms with van der Waals surface area (Å²) in [6, 6.07) is 9.20. The lowest BCUT2D eigenvalue weighted by molar-refractivity contribution is -0.136. The van der Waals surface area contributed by atoms with Crippen molar-refractivity contribution in [2.24, 2.45) is 11.0 Å². The Kier molecular flexibility index (Phi) is 5.68. The maximum Gasteiger partial charge on any atom is 0.407 e. The van der Waals surface area contributed by atoms with Gasteiger partial charge in [0, 0.05) is 11.3 Å². The Labute approximate surface area is 161 Å². The number of pyridine rings is 1. The van der Waals surface area contributed by atoms with Crippen LogP contribution in [0.3, 0.4) is 0 Å². The minimum Gasteiger partial charge on any atom is -0.281 e. The quantitative estimate of drug-likeness (QED) is 0.605. The highest BCUT2D eigenvalue weighted by atomic mass is 19.4. The Morgan fingerprint density at radius 1 is 1.21 bits per heavy atom. The number of hydrogen-bond donors (Lipinski definition) is 0. The van der Waals surface area contributed by atoms with Gasteiger partial charge in [-0.25, -0.2) is 9.52 Å². The second kappa shape index (κ2) is 8.01. The molecule has 1 saturated carbocycles. The van der Waals surface area contributed by atoms with Crippen LogP contribution >= 0.6 is 0 Å². The van der Waals surface area contributed by atoms with Gasteiger partial charge < -0.3 is 0 Å². The van der Waals surface area contributed by atoms with Crippen LogP contribution in [0.4, 0.5) is 18.9 Å². The molecule has 0 spiro atoms. The third-order valence-electron chi connectivity index (χ3n) is 5.15. The second-order valence-corrected chi connectivity index (χ2v) is 6.90. The van der Waals surface area contributed by atoms with Gasteiger partial charge in [-0.2, -0.15) is 18.3 Å². The highest BCUT2D eigenvalue weighted by molar-refractivity contribution is 5.85. The van der Waals surface area contributed by atoms with Crippen molar-refractivity contribution in [2.45, 2.75) is 45.2 Å². The van der Waals surface area contributed by atoms with Crippen LogP contribution in [0.25, 0.3) is 16.1 Å². The Hall–Kier alpha value is -2.88. The van der Waals surface area contributed by atoms with Crippen molar-refractivity contribution in [3.63, 3.8) is 0 Å². The Bertz CT molecular complexity index is 975. The number of hydrogen-bond acceptors (Lipinski definition) is 2. The van der Waals surface area contributed by atoms with Crippen LogP contribution in [-0.4, -0.2) is 10.4 Å². The molecule has 1 aliphatic carbocycles. The van der Waals surface area contributed by atoms with Gasteiger partial charge in [-0.1, -0.05) is 43.7 Å². The van der Waals surface area contributed by atoms with Crippen molar-refractivity contribution in [3.8, 4) is 11.3 Å². The first-order valence-electron chi connectivity index (χ1n) is 9.22. The first-order valence-corrected chi connectivity index (χ1v) is 9.22. The molecule has 0 saturated heterocycles. The molecule has 3 rings (SSSR count). The smallest absolute Gasteiger partial charge is 0.281 e. The van der Waals surface area contributed by atoms with Crippen molar-refractivity contribution >= 4 is 11.4 Å². The largest absolute Gasteiger partial charge is 0.407 e. The van der Waals surface area contributed by atoms with Gasteiger partial charge in [0.2, 0.25) is 0 Å². The summed E-state index contributed by atoms with van der Waals surface area (Å²) >= 11 is 0. The zero-order valence-corrected chi connectivity index (χ0v) is 15.5. The van der Waals surface area contributed by atoms with E-state index >= 15 is 0 Å². The van der Waals surface area contributed by atoms with Gasteiger partial charge in [0.15, 0.2) is 0 Å². The maximum atomic E-state index is 13.5. The van der Waals surface area contributed by atoms with Crippen LogP contribution in [0.5, 0.6) is 0 Å². The lowest BCUT2D eigenvalue weighted by Crippen LogP contribution is -2.24. The molecule has 1 aliphatic rings. The van der Waals surface area contributed by atoms with Crippen LogP contribution in [0.1, 0.15) is 44.6 Å². The van der Waals surface area contributed by atoms with E-state index in [2.05, 4.69) is 16.9 Å². The molecule has 0 aliphatic heterocycles. The van der Waals surface area contributed by atoms with Gasteiger partial charge in [-0.15, -0.1) is 0 Å². The van der Waals surface area contributed by atoms with Crippen molar-refractivity contribution in [3.05, 3.63) is 63.7 Å². The number of alkyl halides is 3. The Morgan fingerprint density at radius 2 is 1.86 bits per heavy atom. The topological polar surface area (TPSA) is 38.7 Å². The van der Waals surface area contributed by atoms with E-state index in [1.165, 1.54) is 0 Å². The summed E-state index contributed by atoms with van der Waals surface area (Å²) in [5, 5.41) is 4.40. The van der Waals surface area contributed by atoms with Crippen molar-refractivity contribution < 1.29 is 13.2 Å². The normalized spacial score (nSPS) is 17.2. The van der Waals surface area contributed by atoms with Crippen LogP contribution in [-0.2, 0) is 6.18 Å². The molecule has 28 heavy (non-hydrogen) atoms. The lowest BCUT2D eigenvalue weighted by atomic mass is 9.86. The molecule has 4 nitrogen and oxygen atoms in total. The van der Waals surface area contributed by atoms with E-state index in [1.807, 2.05) is 0 Å². The van der Waals surface area contributed by atoms with E-state index in [0.29, 0.717) is 24.3 Å². The average molecular weight is 387 g/mol. The standard InChI is InChI=1S/C21H20F3N3O/c1-3-14-9-11-16(12-10-14)26-27-18(15-7-5-4-6-8-15)13-17(21(22,23)24)19(25-2)20(27)28/h4-8,13-14H,3,9-12H2,1H3. The molecule has 2 aromatic rings. The summed E-state index contributed by atoms with van der Waals surface area (Å²) in [6.07, 6.45) is -0.429. The number of nitrogens with zero attached hydrogens (tertiary/aromatic N) is 3. The number of aromatic nitrogens is 1. The molecule has 1 aromatic carbocycles. The van der Waals surface area contributed by atoms with Crippen molar-refractivity contribution in [1.29, 1.82) is 0 Å². The zero-order valence-electron chi connectivity index (χ0n) is 15.5. The molecule has 7 heteroatoms. The Morgan fingerprint density at radius 3 is 2.39 bits per heavy atom. The summed E-state index contributed by atoms with van der Waals surface area (Å²) in [5.41, 5.74) is -1.95. The lowest BCUT2D eigenvalue weighted by Gasteiger charge is -2.22. The highest BCUT2D eigenvalue weighted by Gasteiger charge is 2.36. The van der Waals surface area contributed by atoms with Gasteiger partial charge in [0.25, 0.3) is 11.2 Å². The van der Waals surface area contributed by atoms with Gasteiger partial charge in [0.05, 0.1) is 17.8 Å². The van der Waals surface area contributed by atoms with E-state index in [0.717, 1.165) is 35.7 Å². The molecular weight excluding hydrogens is 367 g/mol. The maximum absolute atomic E-state index is 13.5. The molecule has 1 aromatic heterocycles. The van der Waals surface area contributed by atoms with Gasteiger partial charge in [0.1, 0.15) is 0 Å². The zero-order chi connectivity index (χ0) is 20.3. The fourth-order valence-electron chi connectivity index (χ4n) is 3.49. The van der Waals surface area contributed by atoms with E-state index in [4.69, 9.17) is 6.57 Å². The molecule has 1 fully saturated rings. The van der Waals surface area contributed by atoms with Gasteiger partial charge in [-0.05, 0) is 37.7 Å². The van der Waals surface area contributed by atoms with E-state index < -0.39 is 23.0 Å². The molecule has 0 N–H and O–H groups in total. The van der Waals surface area contributed by atoms with Gasteiger partial charge >= 0.3 is 6.18 Å². The molecule has 0 amide bonds. The molecule has 0 atom stereocenters. The third kappa shape index (κ3) is 4.01. The molecule has 146 valence electrons. The third-order valence-corrected chi connectivity index (χ3v) is 5.15. The number of rotatable bonds is 3. The molecule has 0 radical (unpaired) electrons.